The summed E-state index contributed by atoms with van der Waals surface area (Å²) in [5.74, 6) is 0. The van der Waals surface area contributed by atoms with Crippen LogP contribution in [0.1, 0.15) is 18.2 Å². The summed E-state index contributed by atoms with van der Waals surface area (Å²) in [6.45, 7) is 5.26. The molecule has 0 aliphatic carbocycles. The summed E-state index contributed by atoms with van der Waals surface area (Å²) in [4.78, 5) is 8.28. The monoisotopic (exact) mass is 181 g/mol. The maximum atomic E-state index is 5.18. The Hall–Kier alpha value is -1.16. The molecule has 0 saturated heterocycles. The van der Waals surface area contributed by atoms with Crippen molar-refractivity contribution in [2.45, 2.75) is 20.4 Å². The van der Waals surface area contributed by atoms with Crippen LogP contribution in [-0.2, 0) is 6.54 Å². The largest absolute Gasteiger partial charge is 0.464 e. The number of rotatable bonds is 4. The molecule has 0 saturated carbocycles. The number of aromatic nitrogens is 2. The molecular weight excluding hydrogens is 166 g/mol. The summed E-state index contributed by atoms with van der Waals surface area (Å²) in [6.07, 6.45) is 1.80. The average Bonchev–Trinajstić information content (AvgIpc) is 2.10. The Bertz CT molecular complexity index is 276. The van der Waals surface area contributed by atoms with Gasteiger partial charge in [0.15, 0.2) is 0 Å². The topological polar surface area (TPSA) is 47.0 Å². The van der Waals surface area contributed by atoms with Gasteiger partial charge in [-0.25, -0.2) is 9.97 Å². The highest BCUT2D eigenvalue weighted by molar-refractivity contribution is 5.17. The van der Waals surface area contributed by atoms with Crippen LogP contribution in [-0.4, -0.2) is 23.6 Å². The highest BCUT2D eigenvalue weighted by atomic mass is 16.5. The molecule has 0 atom stereocenters. The first-order valence-electron chi connectivity index (χ1n) is 4.37. The van der Waals surface area contributed by atoms with E-state index in [2.05, 4.69) is 15.3 Å². The van der Waals surface area contributed by atoms with Crippen molar-refractivity contribution in [3.63, 3.8) is 0 Å². The molecule has 0 unspecified atom stereocenters. The van der Waals surface area contributed by atoms with E-state index in [1.165, 1.54) is 0 Å². The lowest BCUT2D eigenvalue weighted by molar-refractivity contribution is 0.311. The summed E-state index contributed by atoms with van der Waals surface area (Å²) in [5, 5.41) is 3.06. The lowest BCUT2D eigenvalue weighted by atomic mass is 10.2. The van der Waals surface area contributed by atoms with Crippen molar-refractivity contribution in [2.75, 3.05) is 13.7 Å². The molecule has 13 heavy (non-hydrogen) atoms. The minimum absolute atomic E-state index is 0.458. The van der Waals surface area contributed by atoms with Gasteiger partial charge in [0, 0.05) is 24.0 Å². The van der Waals surface area contributed by atoms with E-state index in [0.29, 0.717) is 12.6 Å². The zero-order chi connectivity index (χ0) is 9.68. The van der Waals surface area contributed by atoms with Crippen LogP contribution in [0, 0.1) is 6.92 Å². The van der Waals surface area contributed by atoms with E-state index < -0.39 is 0 Å². The van der Waals surface area contributed by atoms with Gasteiger partial charge in [0.25, 0.3) is 0 Å². The number of hydrogen-bond acceptors (Lipinski definition) is 4. The molecule has 1 heterocycles. The van der Waals surface area contributed by atoms with E-state index in [-0.39, 0.29) is 0 Å². The number of nitrogens with one attached hydrogen (secondary N) is 1. The van der Waals surface area contributed by atoms with Crippen LogP contribution in [0.3, 0.4) is 0 Å². The van der Waals surface area contributed by atoms with Crippen molar-refractivity contribution >= 4 is 0 Å². The molecule has 0 radical (unpaired) electrons. The van der Waals surface area contributed by atoms with Gasteiger partial charge in [-0.05, 0) is 20.9 Å². The second kappa shape index (κ2) is 4.77. The first-order chi connectivity index (χ1) is 6.27. The third kappa shape index (κ3) is 2.66. The minimum atomic E-state index is 0.458. The van der Waals surface area contributed by atoms with Gasteiger partial charge in [0.1, 0.15) is 0 Å². The maximum absolute atomic E-state index is 5.18. The molecule has 1 rings (SSSR count). The third-order valence-corrected chi connectivity index (χ3v) is 1.70. The third-order valence-electron chi connectivity index (χ3n) is 1.70. The molecule has 0 amide bonds. The first kappa shape index (κ1) is 9.92. The fraction of sp³-hybridized carbons (Fsp3) is 0.556. The SMILES string of the molecule is CCOc1ncc(CNC)c(C)n1. The lowest BCUT2D eigenvalue weighted by Gasteiger charge is -2.05. The molecular formula is C9H15N3O. The van der Waals surface area contributed by atoms with Crippen LogP contribution < -0.4 is 10.1 Å². The van der Waals surface area contributed by atoms with Crippen molar-refractivity contribution in [1.82, 2.24) is 15.3 Å². The Morgan fingerprint density at radius 3 is 2.85 bits per heavy atom. The van der Waals surface area contributed by atoms with Crippen LogP contribution in [0.4, 0.5) is 0 Å². The van der Waals surface area contributed by atoms with E-state index in [9.17, 15) is 0 Å². The molecule has 0 spiro atoms. The average molecular weight is 181 g/mol. The van der Waals surface area contributed by atoms with Gasteiger partial charge in [-0.2, -0.15) is 0 Å². The molecule has 72 valence electrons. The van der Waals surface area contributed by atoms with Crippen molar-refractivity contribution < 1.29 is 4.74 Å². The van der Waals surface area contributed by atoms with Crippen molar-refractivity contribution in [3.8, 4) is 6.01 Å². The fourth-order valence-electron chi connectivity index (χ4n) is 1.03. The van der Waals surface area contributed by atoms with Gasteiger partial charge in [-0.3, -0.25) is 0 Å². The highest BCUT2D eigenvalue weighted by Gasteiger charge is 2.01. The van der Waals surface area contributed by atoms with Crippen molar-refractivity contribution in [1.29, 1.82) is 0 Å². The van der Waals surface area contributed by atoms with Crippen LogP contribution in [0.15, 0.2) is 6.20 Å². The van der Waals surface area contributed by atoms with Gasteiger partial charge in [0.2, 0.25) is 0 Å². The summed E-state index contributed by atoms with van der Waals surface area (Å²) < 4.78 is 5.18. The predicted molar refractivity (Wildman–Crippen MR) is 50.7 cm³/mol. The molecule has 4 nitrogen and oxygen atoms in total. The standard InChI is InChI=1S/C9H15N3O/c1-4-13-9-11-6-8(5-10-3)7(2)12-9/h6,10H,4-5H2,1-3H3. The number of ether oxygens (including phenoxy) is 1. The van der Waals surface area contributed by atoms with Crippen LogP contribution in [0.25, 0.3) is 0 Å². The smallest absolute Gasteiger partial charge is 0.316 e. The van der Waals surface area contributed by atoms with Crippen LogP contribution >= 0.6 is 0 Å². The number of hydrogen-bond donors (Lipinski definition) is 1. The zero-order valence-electron chi connectivity index (χ0n) is 8.29. The number of aryl methyl sites for hydroxylation is 1. The van der Waals surface area contributed by atoms with E-state index in [4.69, 9.17) is 4.74 Å². The van der Waals surface area contributed by atoms with Crippen molar-refractivity contribution in [3.05, 3.63) is 17.5 Å². The second-order valence-electron chi connectivity index (χ2n) is 2.73. The molecule has 0 aliphatic rings. The first-order valence-corrected chi connectivity index (χ1v) is 4.37. The molecule has 4 heteroatoms. The van der Waals surface area contributed by atoms with Crippen LogP contribution in [0.5, 0.6) is 6.01 Å². The summed E-state index contributed by atoms with van der Waals surface area (Å²) in [7, 11) is 1.90. The van der Waals surface area contributed by atoms with Gasteiger partial charge in [-0.15, -0.1) is 0 Å². The molecule has 1 N–H and O–H groups in total. The Balaban J connectivity index is 2.79. The Labute approximate surface area is 78.4 Å². The maximum Gasteiger partial charge on any atom is 0.316 e. The number of nitrogens with zero attached hydrogens (tertiary/aromatic N) is 2. The predicted octanol–water partition coefficient (Wildman–Crippen LogP) is 0.903. The van der Waals surface area contributed by atoms with Gasteiger partial charge in [-0.1, -0.05) is 0 Å². The van der Waals surface area contributed by atoms with Crippen molar-refractivity contribution in [2.24, 2.45) is 0 Å². The summed E-state index contributed by atoms with van der Waals surface area (Å²) in [5.41, 5.74) is 2.07. The highest BCUT2D eigenvalue weighted by Crippen LogP contribution is 2.07. The lowest BCUT2D eigenvalue weighted by Crippen LogP contribution is -2.09. The molecule has 0 aromatic carbocycles. The Morgan fingerprint density at radius 2 is 2.31 bits per heavy atom. The van der Waals surface area contributed by atoms with E-state index in [1.807, 2.05) is 20.9 Å². The van der Waals surface area contributed by atoms with E-state index >= 15 is 0 Å². The zero-order valence-corrected chi connectivity index (χ0v) is 8.29. The molecule has 1 aromatic rings. The van der Waals surface area contributed by atoms with Gasteiger partial charge < -0.3 is 10.1 Å². The summed E-state index contributed by atoms with van der Waals surface area (Å²) >= 11 is 0. The second-order valence-corrected chi connectivity index (χ2v) is 2.73. The minimum Gasteiger partial charge on any atom is -0.464 e. The van der Waals surface area contributed by atoms with Gasteiger partial charge >= 0.3 is 6.01 Å². The Kier molecular flexibility index (Phi) is 3.64. The van der Waals surface area contributed by atoms with Crippen LogP contribution in [0.2, 0.25) is 0 Å². The normalized spacial score (nSPS) is 10.1. The van der Waals surface area contributed by atoms with E-state index in [0.717, 1.165) is 17.8 Å². The molecule has 1 aromatic heterocycles. The Morgan fingerprint density at radius 1 is 1.54 bits per heavy atom. The van der Waals surface area contributed by atoms with Gasteiger partial charge in [0.05, 0.1) is 6.61 Å². The molecule has 0 aliphatic heterocycles. The fourth-order valence-corrected chi connectivity index (χ4v) is 1.03. The summed E-state index contributed by atoms with van der Waals surface area (Å²) in [6, 6.07) is 0.458. The quantitative estimate of drug-likeness (QED) is 0.749. The van der Waals surface area contributed by atoms with E-state index in [1.54, 1.807) is 6.20 Å². The molecule has 0 fully saturated rings. The molecule has 0 bridgehead atoms.